The number of nitrogens with two attached hydrogens (primary N) is 1. The maximum Gasteiger partial charge on any atom is 0.501 e. The van der Waals surface area contributed by atoms with Gasteiger partial charge in [-0.25, -0.2) is 8.42 Å². The largest absolute Gasteiger partial charge is 0.501 e. The molecule has 3 rings (SSSR count). The Hall–Kier alpha value is -1.56. The molecule has 0 aromatic heterocycles. The van der Waals surface area contributed by atoms with Gasteiger partial charge in [0.2, 0.25) is 0 Å². The Labute approximate surface area is 210 Å². The molecule has 0 aliphatic carbocycles. The van der Waals surface area contributed by atoms with Gasteiger partial charge in [0.25, 0.3) is 9.84 Å². The fourth-order valence-corrected chi connectivity index (χ4v) is 3.94. The van der Waals surface area contributed by atoms with Crippen LogP contribution in [0, 0.1) is 13.8 Å². The van der Waals surface area contributed by atoms with Crippen molar-refractivity contribution < 1.29 is 30.9 Å². The van der Waals surface area contributed by atoms with E-state index in [2.05, 4.69) is 15.9 Å². The van der Waals surface area contributed by atoms with Gasteiger partial charge in [-0.3, -0.25) is 0 Å². The summed E-state index contributed by atoms with van der Waals surface area (Å²) in [7, 11) is -6.13. The van der Waals surface area contributed by atoms with E-state index in [0.29, 0.717) is 11.0 Å². The molecule has 2 N–H and O–H groups in total. The average Bonchev–Trinajstić information content (AvgIpc) is 2.85. The van der Waals surface area contributed by atoms with E-state index >= 15 is 0 Å². The van der Waals surface area contributed by atoms with Crippen molar-refractivity contribution in [3.63, 3.8) is 0 Å². The van der Waals surface area contributed by atoms with Crippen LogP contribution in [-0.4, -0.2) is 32.2 Å². The maximum atomic E-state index is 12.6. The monoisotopic (exact) mass is 567 g/mol. The number of sulfone groups is 1. The second-order valence-electron chi connectivity index (χ2n) is 8.56. The zero-order valence-electron chi connectivity index (χ0n) is 18.7. The van der Waals surface area contributed by atoms with Crippen LogP contribution < -0.4 is 11.2 Å². The lowest BCUT2D eigenvalue weighted by molar-refractivity contribution is -0.0436. The first-order chi connectivity index (χ1) is 14.4. The van der Waals surface area contributed by atoms with Gasteiger partial charge < -0.3 is 15.0 Å². The topological polar surface area (TPSA) is 78.6 Å². The molecule has 11 heteroatoms. The van der Waals surface area contributed by atoms with Crippen molar-refractivity contribution in [2.75, 3.05) is 5.73 Å². The molecular formula is C23H34BBrF3NO4S. The highest BCUT2D eigenvalue weighted by Crippen LogP contribution is 2.37. The number of aryl methyl sites for hydroxylation is 2. The minimum absolute atomic E-state index is 0. The molecule has 0 saturated carbocycles. The molecule has 0 radical (unpaired) electrons. The van der Waals surface area contributed by atoms with Gasteiger partial charge in [0.15, 0.2) is 0 Å². The Morgan fingerprint density at radius 1 is 0.912 bits per heavy atom. The van der Waals surface area contributed by atoms with Crippen LogP contribution in [0.25, 0.3) is 0 Å². The van der Waals surface area contributed by atoms with Crippen LogP contribution in [0.5, 0.6) is 0 Å². The Morgan fingerprint density at radius 3 is 1.79 bits per heavy atom. The fourth-order valence-electron chi connectivity index (χ4n) is 2.85. The van der Waals surface area contributed by atoms with Crippen molar-refractivity contribution in [2.45, 2.75) is 78.0 Å². The van der Waals surface area contributed by atoms with Crippen LogP contribution in [-0.2, 0) is 19.1 Å². The molecule has 1 heterocycles. The van der Waals surface area contributed by atoms with Gasteiger partial charge in [-0.05, 0) is 82.9 Å². The summed E-state index contributed by atoms with van der Waals surface area (Å²) in [6.07, 6.45) is 0. The third-order valence-corrected chi connectivity index (χ3v) is 7.92. The Balaban J connectivity index is 0.000000839. The lowest BCUT2D eigenvalue weighted by Gasteiger charge is -2.32. The third-order valence-electron chi connectivity index (χ3n) is 5.55. The van der Waals surface area contributed by atoms with Crippen molar-refractivity contribution >= 4 is 44.0 Å². The van der Waals surface area contributed by atoms with E-state index < -0.39 is 38.6 Å². The summed E-state index contributed by atoms with van der Waals surface area (Å²) in [4.78, 5) is -0.789. The molecule has 0 spiro atoms. The summed E-state index contributed by atoms with van der Waals surface area (Å²) in [5.41, 5.74) is 1.84. The van der Waals surface area contributed by atoms with Gasteiger partial charge in [0.05, 0.1) is 16.1 Å². The second kappa shape index (κ2) is 11.0. The highest BCUT2D eigenvalue weighted by molar-refractivity contribution is 9.10. The number of benzene rings is 2. The molecular weight excluding hydrogens is 534 g/mol. The average molecular weight is 568 g/mol. The molecule has 0 unspecified atom stereocenters. The molecule has 192 valence electrons. The smallest absolute Gasteiger partial charge is 0.399 e. The normalized spacial score (nSPS) is 16.6. The van der Waals surface area contributed by atoms with E-state index in [-0.39, 0.29) is 14.9 Å². The van der Waals surface area contributed by atoms with E-state index in [1.807, 2.05) is 52.8 Å². The first-order valence-corrected chi connectivity index (χ1v) is 12.0. The summed E-state index contributed by atoms with van der Waals surface area (Å²) >= 11 is 3.37. The maximum absolute atomic E-state index is 12.6. The molecule has 34 heavy (non-hydrogen) atoms. The van der Waals surface area contributed by atoms with Crippen molar-refractivity contribution in [3.8, 4) is 0 Å². The predicted octanol–water partition coefficient (Wildman–Crippen LogP) is 6.20. The van der Waals surface area contributed by atoms with Crippen LogP contribution in [0.4, 0.5) is 18.9 Å². The lowest BCUT2D eigenvalue weighted by atomic mass is 9.76. The molecule has 1 fully saturated rings. The standard InChI is InChI=1S/C14H18BF3O4S.C7H8BrN.2CH4/c1-9-8-10(23(19,20)14(16,17)18)6-7-11(9)15-21-12(2,3)13(4,5)22-15;1-5-4-6(9)2-3-7(5)8;;/h6-8H,1-5H3;2-4H,9H2,1H3;2*1H4. The fraction of sp³-hybridized carbons (Fsp3) is 0.478. The minimum Gasteiger partial charge on any atom is -0.399 e. The first kappa shape index (κ1) is 32.4. The van der Waals surface area contributed by atoms with Crippen molar-refractivity contribution in [2.24, 2.45) is 0 Å². The van der Waals surface area contributed by atoms with Gasteiger partial charge in [-0.2, -0.15) is 13.2 Å². The summed E-state index contributed by atoms with van der Waals surface area (Å²) in [5, 5.41) is 0. The van der Waals surface area contributed by atoms with E-state index in [1.54, 1.807) is 0 Å². The zero-order chi connectivity index (χ0) is 24.7. The van der Waals surface area contributed by atoms with Crippen LogP contribution >= 0.6 is 15.9 Å². The summed E-state index contributed by atoms with van der Waals surface area (Å²) < 4.78 is 73.5. The van der Waals surface area contributed by atoms with Gasteiger partial charge in [-0.15, -0.1) is 0 Å². The van der Waals surface area contributed by atoms with Crippen LogP contribution in [0.15, 0.2) is 45.8 Å². The highest BCUT2D eigenvalue weighted by Gasteiger charge is 2.52. The third kappa shape index (κ3) is 6.77. The molecule has 0 amide bonds. The van der Waals surface area contributed by atoms with Crippen molar-refractivity contribution in [1.29, 1.82) is 0 Å². The van der Waals surface area contributed by atoms with Gasteiger partial charge in [0, 0.05) is 10.2 Å². The Kier molecular flexibility index (Phi) is 10.5. The molecule has 0 bridgehead atoms. The van der Waals surface area contributed by atoms with Crippen LogP contribution in [0.1, 0.15) is 53.7 Å². The van der Waals surface area contributed by atoms with E-state index in [0.717, 1.165) is 22.3 Å². The van der Waals surface area contributed by atoms with Gasteiger partial charge in [0.1, 0.15) is 0 Å². The molecule has 2 aromatic rings. The predicted molar refractivity (Wildman–Crippen MR) is 137 cm³/mol. The lowest BCUT2D eigenvalue weighted by Crippen LogP contribution is -2.41. The minimum atomic E-state index is -5.37. The van der Waals surface area contributed by atoms with E-state index in [4.69, 9.17) is 15.0 Å². The number of halogens is 4. The van der Waals surface area contributed by atoms with E-state index in [1.165, 1.54) is 18.6 Å². The number of anilines is 1. The number of rotatable bonds is 2. The van der Waals surface area contributed by atoms with Crippen LogP contribution in [0.3, 0.4) is 0 Å². The first-order valence-electron chi connectivity index (χ1n) is 9.68. The Morgan fingerprint density at radius 2 is 1.41 bits per heavy atom. The molecule has 2 aromatic carbocycles. The van der Waals surface area contributed by atoms with Gasteiger partial charge >= 0.3 is 12.6 Å². The van der Waals surface area contributed by atoms with Crippen LogP contribution in [0.2, 0.25) is 0 Å². The second-order valence-corrected chi connectivity index (χ2v) is 11.4. The molecule has 1 aliphatic rings. The quantitative estimate of drug-likeness (QED) is 0.345. The number of nitrogen functional groups attached to an aromatic ring is 1. The van der Waals surface area contributed by atoms with Crippen molar-refractivity contribution in [1.82, 2.24) is 0 Å². The number of hydrogen-bond donors (Lipinski definition) is 1. The van der Waals surface area contributed by atoms with E-state index in [9.17, 15) is 21.6 Å². The summed E-state index contributed by atoms with van der Waals surface area (Å²) in [6.45, 7) is 10.9. The summed E-state index contributed by atoms with van der Waals surface area (Å²) in [6, 6.07) is 8.97. The molecule has 5 nitrogen and oxygen atoms in total. The van der Waals surface area contributed by atoms with Gasteiger partial charge in [-0.1, -0.05) is 42.4 Å². The Bertz CT molecular complexity index is 1090. The molecule has 1 saturated heterocycles. The summed E-state index contributed by atoms with van der Waals surface area (Å²) in [5.74, 6) is 0. The molecule has 0 atom stereocenters. The highest BCUT2D eigenvalue weighted by atomic mass is 79.9. The molecule has 1 aliphatic heterocycles. The van der Waals surface area contributed by atoms with Crippen molar-refractivity contribution in [3.05, 3.63) is 52.0 Å². The SMILES string of the molecule is C.C.Cc1cc(N)ccc1Br.Cc1cc(S(=O)(=O)C(F)(F)F)ccc1B1OC(C)(C)C(C)(C)O1. The number of alkyl halides is 3. The number of hydrogen-bond acceptors (Lipinski definition) is 5. The zero-order valence-corrected chi connectivity index (χ0v) is 21.1.